The summed E-state index contributed by atoms with van der Waals surface area (Å²) in [6.07, 6.45) is 0.749. The van der Waals surface area contributed by atoms with Gasteiger partial charge in [0.15, 0.2) is 5.82 Å². The fourth-order valence-electron chi connectivity index (χ4n) is 2.17. The van der Waals surface area contributed by atoms with E-state index in [1.54, 1.807) is 12.1 Å². The van der Waals surface area contributed by atoms with Gasteiger partial charge in [0, 0.05) is 18.7 Å². The topological polar surface area (TPSA) is 72.4 Å². The molecular weight excluding hydrogens is 221 g/mol. The van der Waals surface area contributed by atoms with Gasteiger partial charge < -0.3 is 11.5 Å². The first kappa shape index (κ1) is 11.9. The third-order valence-corrected chi connectivity index (χ3v) is 3.18. The smallest absolute Gasteiger partial charge is 0.221 e. The van der Waals surface area contributed by atoms with Crippen molar-refractivity contribution in [3.05, 3.63) is 29.6 Å². The van der Waals surface area contributed by atoms with Crippen LogP contribution in [0.15, 0.2) is 18.2 Å². The van der Waals surface area contributed by atoms with Crippen molar-refractivity contribution in [2.45, 2.75) is 13.0 Å². The summed E-state index contributed by atoms with van der Waals surface area (Å²) in [5, 5.41) is 0. The van der Waals surface area contributed by atoms with E-state index in [0.717, 1.165) is 13.0 Å². The van der Waals surface area contributed by atoms with Crippen molar-refractivity contribution >= 4 is 11.6 Å². The van der Waals surface area contributed by atoms with Crippen LogP contribution in [0.3, 0.4) is 0 Å². The Morgan fingerprint density at radius 1 is 1.53 bits per heavy atom. The number of nitrogens with two attached hydrogens (primary N) is 2. The number of benzene rings is 1. The number of rotatable bonds is 3. The van der Waals surface area contributed by atoms with Crippen LogP contribution in [0, 0.1) is 11.7 Å². The number of nitrogens with zero attached hydrogens (tertiary/aromatic N) is 1. The number of nitrogen functional groups attached to an aromatic ring is 1. The number of carbonyl (C=O) groups is 1. The molecule has 1 aliphatic rings. The average molecular weight is 237 g/mol. The minimum Gasteiger partial charge on any atom is -0.396 e. The predicted molar refractivity (Wildman–Crippen MR) is 63.4 cm³/mol. The monoisotopic (exact) mass is 237 g/mol. The Hall–Kier alpha value is -1.62. The zero-order valence-electron chi connectivity index (χ0n) is 9.53. The maximum atomic E-state index is 13.7. The standard InChI is InChI=1S/C12H16FN3O/c13-11-8(2-1-3-10(11)14)6-16-5-4-9(7-16)12(15)17/h1-3,9H,4-7,14H2,(H2,15,17). The largest absolute Gasteiger partial charge is 0.396 e. The van der Waals surface area contributed by atoms with Crippen molar-refractivity contribution in [1.82, 2.24) is 4.90 Å². The van der Waals surface area contributed by atoms with Gasteiger partial charge in [0.05, 0.1) is 11.6 Å². The number of amides is 1. The molecule has 0 bridgehead atoms. The summed E-state index contributed by atoms with van der Waals surface area (Å²) in [7, 11) is 0. The summed E-state index contributed by atoms with van der Waals surface area (Å²) in [6, 6.07) is 4.98. The summed E-state index contributed by atoms with van der Waals surface area (Å²) < 4.78 is 13.7. The highest BCUT2D eigenvalue weighted by Crippen LogP contribution is 2.21. The molecule has 4 N–H and O–H groups in total. The highest BCUT2D eigenvalue weighted by atomic mass is 19.1. The normalized spacial score (nSPS) is 20.6. The Morgan fingerprint density at radius 2 is 2.29 bits per heavy atom. The minimum absolute atomic E-state index is 0.112. The molecule has 0 spiro atoms. The van der Waals surface area contributed by atoms with Crippen molar-refractivity contribution in [3.8, 4) is 0 Å². The molecule has 4 nitrogen and oxygen atoms in total. The highest BCUT2D eigenvalue weighted by Gasteiger charge is 2.26. The molecule has 2 rings (SSSR count). The van der Waals surface area contributed by atoms with Crippen molar-refractivity contribution < 1.29 is 9.18 Å². The molecule has 0 saturated carbocycles. The van der Waals surface area contributed by atoms with E-state index >= 15 is 0 Å². The molecule has 1 fully saturated rings. The molecule has 1 aromatic carbocycles. The van der Waals surface area contributed by atoms with Crippen molar-refractivity contribution in [1.29, 1.82) is 0 Å². The third-order valence-electron chi connectivity index (χ3n) is 3.18. The number of anilines is 1. The number of hydrogen-bond acceptors (Lipinski definition) is 3. The van der Waals surface area contributed by atoms with Gasteiger partial charge in [0.2, 0.25) is 5.91 Å². The molecule has 1 unspecified atom stereocenters. The second-order valence-electron chi connectivity index (χ2n) is 4.44. The number of likely N-dealkylation sites (tertiary alicyclic amines) is 1. The van der Waals surface area contributed by atoms with Gasteiger partial charge >= 0.3 is 0 Å². The Morgan fingerprint density at radius 3 is 2.94 bits per heavy atom. The molecule has 0 radical (unpaired) electrons. The lowest BCUT2D eigenvalue weighted by atomic mass is 10.1. The molecular formula is C12H16FN3O. The van der Waals surface area contributed by atoms with Crippen LogP contribution >= 0.6 is 0 Å². The van der Waals surface area contributed by atoms with E-state index in [4.69, 9.17) is 11.5 Å². The molecule has 1 aliphatic heterocycles. The van der Waals surface area contributed by atoms with Gasteiger partial charge in [-0.15, -0.1) is 0 Å². The lowest BCUT2D eigenvalue weighted by molar-refractivity contribution is -0.121. The highest BCUT2D eigenvalue weighted by molar-refractivity contribution is 5.77. The fraction of sp³-hybridized carbons (Fsp3) is 0.417. The van der Waals surface area contributed by atoms with Crippen LogP contribution in [-0.2, 0) is 11.3 Å². The van der Waals surface area contributed by atoms with Gasteiger partial charge in [-0.2, -0.15) is 0 Å². The second kappa shape index (κ2) is 4.71. The van der Waals surface area contributed by atoms with E-state index in [1.807, 2.05) is 4.90 Å². The molecule has 1 heterocycles. The molecule has 1 atom stereocenters. The molecule has 5 heteroatoms. The van der Waals surface area contributed by atoms with E-state index in [9.17, 15) is 9.18 Å². The Kier molecular flexibility index (Phi) is 3.28. The summed E-state index contributed by atoms with van der Waals surface area (Å²) in [4.78, 5) is 13.0. The van der Waals surface area contributed by atoms with Gasteiger partial charge in [-0.3, -0.25) is 9.69 Å². The van der Waals surface area contributed by atoms with Crippen molar-refractivity contribution in [2.24, 2.45) is 11.7 Å². The minimum atomic E-state index is -0.366. The van der Waals surface area contributed by atoms with Gasteiger partial charge in [-0.1, -0.05) is 12.1 Å². The fourth-order valence-corrected chi connectivity index (χ4v) is 2.17. The number of hydrogen-bond donors (Lipinski definition) is 2. The SMILES string of the molecule is NC(=O)C1CCN(Cc2cccc(N)c2F)C1. The molecule has 1 aromatic rings. The van der Waals surface area contributed by atoms with Crippen LogP contribution in [0.2, 0.25) is 0 Å². The first-order valence-corrected chi connectivity index (χ1v) is 5.62. The quantitative estimate of drug-likeness (QED) is 0.761. The Balaban J connectivity index is 2.03. The van der Waals surface area contributed by atoms with Crippen LogP contribution in [0.1, 0.15) is 12.0 Å². The lowest BCUT2D eigenvalue weighted by Crippen LogP contribution is -2.27. The zero-order chi connectivity index (χ0) is 12.4. The van der Waals surface area contributed by atoms with Crippen LogP contribution in [0.4, 0.5) is 10.1 Å². The summed E-state index contributed by atoms with van der Waals surface area (Å²) in [5.41, 5.74) is 11.5. The molecule has 0 aromatic heterocycles. The van der Waals surface area contributed by atoms with Gasteiger partial charge in [-0.25, -0.2) is 4.39 Å². The van der Waals surface area contributed by atoms with Crippen LogP contribution in [0.5, 0.6) is 0 Å². The van der Waals surface area contributed by atoms with Crippen LogP contribution in [-0.4, -0.2) is 23.9 Å². The molecule has 1 amide bonds. The van der Waals surface area contributed by atoms with Gasteiger partial charge in [0.1, 0.15) is 0 Å². The van der Waals surface area contributed by atoms with E-state index in [-0.39, 0.29) is 23.3 Å². The number of carbonyl (C=O) groups excluding carboxylic acids is 1. The zero-order valence-corrected chi connectivity index (χ0v) is 9.53. The van der Waals surface area contributed by atoms with E-state index in [2.05, 4.69) is 0 Å². The molecule has 0 aliphatic carbocycles. The second-order valence-corrected chi connectivity index (χ2v) is 4.44. The Labute approximate surface area is 99.4 Å². The maximum absolute atomic E-state index is 13.7. The maximum Gasteiger partial charge on any atom is 0.221 e. The predicted octanol–water partition coefficient (Wildman–Crippen LogP) is 0.715. The van der Waals surface area contributed by atoms with Crippen LogP contribution < -0.4 is 11.5 Å². The van der Waals surface area contributed by atoms with Gasteiger partial charge in [0.25, 0.3) is 0 Å². The lowest BCUT2D eigenvalue weighted by Gasteiger charge is -2.16. The number of halogens is 1. The molecule has 1 saturated heterocycles. The summed E-state index contributed by atoms with van der Waals surface area (Å²) >= 11 is 0. The molecule has 92 valence electrons. The third kappa shape index (κ3) is 2.55. The number of primary amides is 1. The van der Waals surface area contributed by atoms with E-state index in [1.165, 1.54) is 6.07 Å². The Bertz CT molecular complexity index is 436. The first-order chi connectivity index (χ1) is 8.08. The first-order valence-electron chi connectivity index (χ1n) is 5.62. The summed E-state index contributed by atoms with van der Waals surface area (Å²) in [5.74, 6) is -0.755. The van der Waals surface area contributed by atoms with E-state index < -0.39 is 0 Å². The average Bonchev–Trinajstić information content (AvgIpc) is 2.73. The van der Waals surface area contributed by atoms with E-state index in [0.29, 0.717) is 18.7 Å². The van der Waals surface area contributed by atoms with Crippen molar-refractivity contribution in [3.63, 3.8) is 0 Å². The summed E-state index contributed by atoms with van der Waals surface area (Å²) in [6.45, 7) is 1.84. The van der Waals surface area contributed by atoms with Gasteiger partial charge in [-0.05, 0) is 19.0 Å². The molecule has 17 heavy (non-hydrogen) atoms. The van der Waals surface area contributed by atoms with Crippen LogP contribution in [0.25, 0.3) is 0 Å². The van der Waals surface area contributed by atoms with Crippen molar-refractivity contribution in [2.75, 3.05) is 18.8 Å².